The van der Waals surface area contributed by atoms with Crippen molar-refractivity contribution >= 4 is 28.7 Å². The van der Waals surface area contributed by atoms with E-state index in [1.54, 1.807) is 0 Å². The smallest absolute Gasteiger partial charge is 0.312 e. The minimum absolute atomic E-state index is 0.0295. The molecule has 198 valence electrons. The van der Waals surface area contributed by atoms with E-state index in [0.29, 0.717) is 0 Å². The van der Waals surface area contributed by atoms with Gasteiger partial charge in [-0.1, -0.05) is 0 Å². The highest BCUT2D eigenvalue weighted by Gasteiger charge is 2.28. The molecule has 0 aliphatic carbocycles. The molecular formula is C24H24F2N8O4. The van der Waals surface area contributed by atoms with Gasteiger partial charge < -0.3 is 9.88 Å². The largest absolute Gasteiger partial charge is 0.332 e. The molecule has 0 bridgehead atoms. The lowest BCUT2D eigenvalue weighted by atomic mass is 10.1. The Bertz CT molecular complexity index is 1700. The van der Waals surface area contributed by atoms with E-state index < -0.39 is 41.4 Å². The predicted molar refractivity (Wildman–Crippen MR) is 133 cm³/mol. The number of anilines is 1. The molecule has 4 rings (SSSR count). The minimum Gasteiger partial charge on any atom is -0.312 e. The standard InChI is InChI=1S/C24H24F2N8O4/c1-12(35)10-33-22(37)18-20(32(5)23(33)38)29-11-34(18)14(3)21(36)31-17-6-7-27-19(30-17)15-8-16(24(4,25)26)13(2)28-9-15/h6-9,11,14H,10H2,1-5H3,(H,27,30,31,36)/t14-/m0/s1. The SMILES string of the molecule is CC(=O)Cn1c(=O)c2c(ncn2[C@@H](C)C(=O)Nc2ccnc(-c3cnc(C)c(C(C)(F)F)c3)n2)n(C)c1=O. The first-order valence-electron chi connectivity index (χ1n) is 11.4. The van der Waals surface area contributed by atoms with Gasteiger partial charge in [0.05, 0.1) is 12.9 Å². The number of rotatable bonds is 7. The maximum atomic E-state index is 14.0. The third-order valence-corrected chi connectivity index (χ3v) is 5.96. The van der Waals surface area contributed by atoms with Crippen LogP contribution in [0.2, 0.25) is 0 Å². The Labute approximate surface area is 214 Å². The zero-order valence-corrected chi connectivity index (χ0v) is 21.2. The van der Waals surface area contributed by atoms with Gasteiger partial charge in [-0.2, -0.15) is 0 Å². The molecular weight excluding hydrogens is 502 g/mol. The maximum absolute atomic E-state index is 14.0. The Morgan fingerprint density at radius 2 is 1.89 bits per heavy atom. The van der Waals surface area contributed by atoms with Crippen LogP contribution >= 0.6 is 0 Å². The van der Waals surface area contributed by atoms with Crippen LogP contribution in [-0.2, 0) is 29.1 Å². The fourth-order valence-electron chi connectivity index (χ4n) is 3.97. The lowest BCUT2D eigenvalue weighted by molar-refractivity contribution is -0.119. The van der Waals surface area contributed by atoms with Crippen molar-refractivity contribution < 1.29 is 18.4 Å². The summed E-state index contributed by atoms with van der Waals surface area (Å²) >= 11 is 0. The quantitative estimate of drug-likeness (QED) is 0.384. The van der Waals surface area contributed by atoms with Gasteiger partial charge in [-0.25, -0.2) is 28.5 Å². The summed E-state index contributed by atoms with van der Waals surface area (Å²) in [6.45, 7) is 4.59. The second-order valence-corrected chi connectivity index (χ2v) is 8.94. The molecule has 4 aromatic rings. The average Bonchev–Trinajstić information content (AvgIpc) is 3.30. The summed E-state index contributed by atoms with van der Waals surface area (Å²) in [7, 11) is 1.41. The summed E-state index contributed by atoms with van der Waals surface area (Å²) in [6.07, 6.45) is 3.97. The molecule has 0 aliphatic heterocycles. The molecule has 1 amide bonds. The molecule has 0 saturated carbocycles. The number of carbonyl (C=O) groups is 2. The van der Waals surface area contributed by atoms with E-state index in [0.717, 1.165) is 16.1 Å². The van der Waals surface area contributed by atoms with Gasteiger partial charge >= 0.3 is 5.69 Å². The molecule has 0 saturated heterocycles. The third kappa shape index (κ3) is 4.84. The highest BCUT2D eigenvalue weighted by atomic mass is 19.3. The summed E-state index contributed by atoms with van der Waals surface area (Å²) in [5, 5.41) is 2.61. The molecule has 1 atom stereocenters. The zero-order valence-electron chi connectivity index (χ0n) is 21.2. The Hall–Kier alpha value is -4.62. The number of Topliss-reactive ketones (excluding diaryl/α,β-unsaturated/α-hetero) is 1. The summed E-state index contributed by atoms with van der Waals surface area (Å²) < 4.78 is 31.1. The van der Waals surface area contributed by atoms with E-state index in [1.807, 2.05) is 0 Å². The van der Waals surface area contributed by atoms with E-state index in [-0.39, 0.29) is 39.6 Å². The van der Waals surface area contributed by atoms with Gasteiger partial charge in [0, 0.05) is 43.2 Å². The number of aryl methyl sites for hydroxylation is 2. The number of hydrogen-bond acceptors (Lipinski definition) is 8. The van der Waals surface area contributed by atoms with E-state index in [4.69, 9.17) is 0 Å². The lowest BCUT2D eigenvalue weighted by Crippen LogP contribution is -2.41. The number of halogens is 2. The number of nitrogens with one attached hydrogen (secondary N) is 1. The van der Waals surface area contributed by atoms with Crippen LogP contribution in [0.1, 0.15) is 38.1 Å². The number of hydrogen-bond donors (Lipinski definition) is 1. The van der Waals surface area contributed by atoms with Crippen molar-refractivity contribution in [3.05, 3.63) is 62.9 Å². The first-order chi connectivity index (χ1) is 17.8. The molecule has 14 heteroatoms. The molecule has 1 N–H and O–H groups in total. The van der Waals surface area contributed by atoms with E-state index >= 15 is 0 Å². The van der Waals surface area contributed by atoms with Gasteiger partial charge in [-0.15, -0.1) is 0 Å². The highest BCUT2D eigenvalue weighted by molar-refractivity contribution is 5.93. The summed E-state index contributed by atoms with van der Waals surface area (Å²) in [5.41, 5.74) is -1.29. The van der Waals surface area contributed by atoms with Crippen molar-refractivity contribution in [2.75, 3.05) is 5.32 Å². The molecule has 0 fully saturated rings. The first-order valence-corrected chi connectivity index (χ1v) is 11.4. The molecule has 4 aromatic heterocycles. The van der Waals surface area contributed by atoms with Crippen LogP contribution < -0.4 is 16.6 Å². The van der Waals surface area contributed by atoms with E-state index in [1.165, 1.54) is 63.2 Å². The normalized spacial score (nSPS) is 12.5. The van der Waals surface area contributed by atoms with Crippen molar-refractivity contribution in [1.29, 1.82) is 0 Å². The monoisotopic (exact) mass is 526 g/mol. The van der Waals surface area contributed by atoms with Crippen LogP contribution in [0.15, 0.2) is 40.4 Å². The third-order valence-electron chi connectivity index (χ3n) is 5.96. The van der Waals surface area contributed by atoms with Gasteiger partial charge in [0.25, 0.3) is 11.5 Å². The van der Waals surface area contributed by atoms with E-state index in [9.17, 15) is 28.0 Å². The second kappa shape index (κ2) is 9.68. The minimum atomic E-state index is -3.12. The van der Waals surface area contributed by atoms with Crippen molar-refractivity contribution in [2.45, 2.75) is 46.2 Å². The predicted octanol–water partition coefficient (Wildman–Crippen LogP) is 1.96. The van der Waals surface area contributed by atoms with Crippen LogP contribution in [-0.4, -0.2) is 45.3 Å². The average molecular weight is 527 g/mol. The van der Waals surface area contributed by atoms with Crippen LogP contribution in [0, 0.1) is 6.92 Å². The van der Waals surface area contributed by atoms with Crippen molar-refractivity contribution in [3.63, 3.8) is 0 Å². The Kier molecular flexibility index (Phi) is 6.74. The van der Waals surface area contributed by atoms with Crippen molar-refractivity contribution in [3.8, 4) is 11.4 Å². The number of pyridine rings is 1. The van der Waals surface area contributed by atoms with Gasteiger partial charge in [0.1, 0.15) is 17.6 Å². The van der Waals surface area contributed by atoms with Gasteiger partial charge in [-0.05, 0) is 32.9 Å². The van der Waals surface area contributed by atoms with Crippen LogP contribution in [0.3, 0.4) is 0 Å². The first kappa shape index (κ1) is 26.4. The number of carbonyl (C=O) groups excluding carboxylic acids is 2. The highest BCUT2D eigenvalue weighted by Crippen LogP contribution is 2.31. The number of alkyl halides is 2. The number of ketones is 1. The van der Waals surface area contributed by atoms with E-state index in [2.05, 4.69) is 25.3 Å². The van der Waals surface area contributed by atoms with Gasteiger partial charge in [0.15, 0.2) is 17.0 Å². The Balaban J connectivity index is 1.66. The topological polar surface area (TPSA) is 147 Å². The fourth-order valence-corrected chi connectivity index (χ4v) is 3.97. The zero-order chi connectivity index (χ0) is 27.9. The fraction of sp³-hybridized carbons (Fsp3) is 0.333. The van der Waals surface area contributed by atoms with Crippen molar-refractivity contribution in [1.82, 2.24) is 33.6 Å². The Morgan fingerprint density at radius 1 is 1.18 bits per heavy atom. The number of amides is 1. The van der Waals surface area contributed by atoms with Crippen LogP contribution in [0.25, 0.3) is 22.6 Å². The Morgan fingerprint density at radius 3 is 2.55 bits per heavy atom. The maximum Gasteiger partial charge on any atom is 0.332 e. The van der Waals surface area contributed by atoms with Crippen molar-refractivity contribution in [2.24, 2.45) is 7.05 Å². The number of imidazole rings is 1. The summed E-state index contributed by atoms with van der Waals surface area (Å²) in [6, 6.07) is 1.68. The van der Waals surface area contributed by atoms with Crippen LogP contribution in [0.4, 0.5) is 14.6 Å². The number of fused-ring (bicyclic) bond motifs is 1. The number of aromatic nitrogens is 7. The molecule has 12 nitrogen and oxygen atoms in total. The second-order valence-electron chi connectivity index (χ2n) is 8.94. The van der Waals surface area contributed by atoms with Gasteiger partial charge in [0.2, 0.25) is 5.91 Å². The molecule has 0 spiro atoms. The van der Waals surface area contributed by atoms with Crippen LogP contribution in [0.5, 0.6) is 0 Å². The molecule has 0 aromatic carbocycles. The number of nitrogens with zero attached hydrogens (tertiary/aromatic N) is 7. The molecule has 0 radical (unpaired) electrons. The molecule has 0 unspecified atom stereocenters. The molecule has 38 heavy (non-hydrogen) atoms. The lowest BCUT2D eigenvalue weighted by Gasteiger charge is -2.16. The summed E-state index contributed by atoms with van der Waals surface area (Å²) in [4.78, 5) is 66.8. The molecule has 0 aliphatic rings. The summed E-state index contributed by atoms with van der Waals surface area (Å²) in [5.74, 6) is -3.93. The molecule has 4 heterocycles. The van der Waals surface area contributed by atoms with Gasteiger partial charge in [-0.3, -0.25) is 28.5 Å².